The second-order valence-electron chi connectivity index (χ2n) is 5.22. The summed E-state index contributed by atoms with van der Waals surface area (Å²) < 4.78 is 27.0. The van der Waals surface area contributed by atoms with Crippen molar-refractivity contribution in [1.82, 2.24) is 14.8 Å². The number of alkyl halides is 2. The molecule has 0 atom stereocenters. The second-order valence-corrected chi connectivity index (χ2v) is 6.47. The summed E-state index contributed by atoms with van der Waals surface area (Å²) in [4.78, 5) is 14.7. The molecule has 0 aliphatic carbocycles. The van der Waals surface area contributed by atoms with Gasteiger partial charge in [0, 0.05) is 29.4 Å². The van der Waals surface area contributed by atoms with Crippen molar-refractivity contribution in [3.63, 3.8) is 0 Å². The Morgan fingerprint density at radius 3 is 2.79 bits per heavy atom. The van der Waals surface area contributed by atoms with Gasteiger partial charge in [0.15, 0.2) is 0 Å². The van der Waals surface area contributed by atoms with Crippen LogP contribution in [0.4, 0.5) is 8.78 Å². The van der Waals surface area contributed by atoms with Crippen LogP contribution in [0.25, 0.3) is 22.3 Å². The summed E-state index contributed by atoms with van der Waals surface area (Å²) in [5.41, 5.74) is 7.44. The second kappa shape index (κ2) is 6.52. The number of hydrogen-bond donors (Lipinski definition) is 2. The summed E-state index contributed by atoms with van der Waals surface area (Å²) in [6, 6.07) is 6.66. The van der Waals surface area contributed by atoms with Crippen LogP contribution < -0.4 is 5.73 Å². The number of hydrogen-bond acceptors (Lipinski definition) is 2. The molecular formula is C15H12BrClF2N4O. The van der Waals surface area contributed by atoms with E-state index in [9.17, 15) is 13.6 Å². The number of aryl methyl sites for hydroxylation is 1. The minimum absolute atomic E-state index is 0.0669. The molecule has 0 unspecified atom stereocenters. The SMILES string of the molecule is NC(=O)c1cc(Cl)cc2cc(-c3cc(Br)nn3CCC(F)F)[nH]c12. The molecule has 3 rings (SSSR count). The average molecular weight is 418 g/mol. The molecule has 0 aliphatic rings. The average Bonchev–Trinajstić information content (AvgIpc) is 3.06. The number of nitrogens with two attached hydrogens (primary N) is 1. The monoisotopic (exact) mass is 416 g/mol. The molecule has 126 valence electrons. The fraction of sp³-hybridized carbons (Fsp3) is 0.200. The molecule has 1 aromatic carbocycles. The highest BCUT2D eigenvalue weighted by molar-refractivity contribution is 9.10. The zero-order chi connectivity index (χ0) is 17.4. The minimum Gasteiger partial charge on any atom is -0.366 e. The Hall–Kier alpha value is -1.93. The highest BCUT2D eigenvalue weighted by atomic mass is 79.9. The maximum atomic E-state index is 12.5. The number of aromatic nitrogens is 3. The highest BCUT2D eigenvalue weighted by Gasteiger charge is 2.16. The predicted octanol–water partition coefficient (Wildman–Crippen LogP) is 4.20. The standard InChI is InChI=1S/C15H12BrClF2N4O/c16-12-6-11(23(22-12)2-1-13(18)19)10-4-7-3-8(17)5-9(15(20)24)14(7)21-10/h3-6,13,21H,1-2H2,(H2,20,24). The lowest BCUT2D eigenvalue weighted by atomic mass is 10.1. The van der Waals surface area contributed by atoms with Crippen LogP contribution in [0.5, 0.6) is 0 Å². The molecule has 0 aliphatic heterocycles. The molecule has 3 N–H and O–H groups in total. The number of H-pyrrole nitrogens is 1. The molecule has 0 bridgehead atoms. The van der Waals surface area contributed by atoms with E-state index in [1.165, 1.54) is 10.7 Å². The van der Waals surface area contributed by atoms with E-state index in [1.54, 1.807) is 18.2 Å². The van der Waals surface area contributed by atoms with Gasteiger partial charge in [0.05, 0.1) is 22.5 Å². The van der Waals surface area contributed by atoms with E-state index in [-0.39, 0.29) is 18.5 Å². The molecule has 0 saturated carbocycles. The summed E-state index contributed by atoms with van der Waals surface area (Å²) in [7, 11) is 0. The van der Waals surface area contributed by atoms with E-state index in [4.69, 9.17) is 17.3 Å². The number of carbonyl (C=O) groups is 1. The zero-order valence-electron chi connectivity index (χ0n) is 12.2. The Bertz CT molecular complexity index is 922. The molecule has 9 heteroatoms. The Kier molecular flexibility index (Phi) is 4.60. The van der Waals surface area contributed by atoms with Gasteiger partial charge in [-0.1, -0.05) is 11.6 Å². The van der Waals surface area contributed by atoms with Crippen molar-refractivity contribution in [2.24, 2.45) is 5.73 Å². The van der Waals surface area contributed by atoms with E-state index < -0.39 is 12.3 Å². The topological polar surface area (TPSA) is 76.7 Å². The highest BCUT2D eigenvalue weighted by Crippen LogP contribution is 2.30. The number of rotatable bonds is 5. The molecule has 2 aromatic heterocycles. The maximum absolute atomic E-state index is 12.5. The number of amides is 1. The van der Waals surface area contributed by atoms with Gasteiger partial charge in [0.25, 0.3) is 5.91 Å². The molecule has 0 radical (unpaired) electrons. The number of primary amides is 1. The number of fused-ring (bicyclic) bond motifs is 1. The summed E-state index contributed by atoms with van der Waals surface area (Å²) in [5.74, 6) is -0.608. The largest absolute Gasteiger partial charge is 0.366 e. The van der Waals surface area contributed by atoms with Gasteiger partial charge in [-0.3, -0.25) is 9.48 Å². The van der Waals surface area contributed by atoms with Crippen LogP contribution in [0.1, 0.15) is 16.8 Å². The third-order valence-electron chi connectivity index (χ3n) is 3.54. The van der Waals surface area contributed by atoms with Gasteiger partial charge in [-0.05, 0) is 34.1 Å². The van der Waals surface area contributed by atoms with E-state index in [0.29, 0.717) is 31.9 Å². The van der Waals surface area contributed by atoms with Gasteiger partial charge in [0.1, 0.15) is 4.60 Å². The zero-order valence-corrected chi connectivity index (χ0v) is 14.5. The molecule has 5 nitrogen and oxygen atoms in total. The maximum Gasteiger partial charge on any atom is 0.250 e. The first kappa shape index (κ1) is 16.9. The predicted molar refractivity (Wildman–Crippen MR) is 91.4 cm³/mol. The van der Waals surface area contributed by atoms with Crippen molar-refractivity contribution in [3.8, 4) is 11.4 Å². The lowest BCUT2D eigenvalue weighted by Crippen LogP contribution is -2.11. The molecule has 0 fully saturated rings. The molecule has 0 saturated heterocycles. The van der Waals surface area contributed by atoms with Gasteiger partial charge >= 0.3 is 0 Å². The third kappa shape index (κ3) is 3.29. The number of nitrogens with one attached hydrogen (secondary N) is 1. The van der Waals surface area contributed by atoms with Crippen LogP contribution in [0.2, 0.25) is 5.02 Å². The summed E-state index contributed by atoms with van der Waals surface area (Å²) in [5, 5.41) is 5.25. The van der Waals surface area contributed by atoms with Crippen molar-refractivity contribution >= 4 is 44.3 Å². The van der Waals surface area contributed by atoms with Crippen molar-refractivity contribution in [2.45, 2.75) is 19.4 Å². The van der Waals surface area contributed by atoms with E-state index in [2.05, 4.69) is 26.0 Å². The molecule has 2 heterocycles. The number of halogens is 4. The first-order chi connectivity index (χ1) is 11.3. The first-order valence-electron chi connectivity index (χ1n) is 6.99. The molecule has 1 amide bonds. The number of benzene rings is 1. The van der Waals surface area contributed by atoms with Crippen LogP contribution in [0, 0.1) is 0 Å². The van der Waals surface area contributed by atoms with Gasteiger partial charge in [0.2, 0.25) is 6.43 Å². The third-order valence-corrected chi connectivity index (χ3v) is 4.15. The van der Waals surface area contributed by atoms with Crippen LogP contribution >= 0.6 is 27.5 Å². The van der Waals surface area contributed by atoms with Crippen molar-refractivity contribution in [1.29, 1.82) is 0 Å². The van der Waals surface area contributed by atoms with E-state index >= 15 is 0 Å². The summed E-state index contributed by atoms with van der Waals surface area (Å²) in [6.07, 6.45) is -2.72. The van der Waals surface area contributed by atoms with Crippen molar-refractivity contribution < 1.29 is 13.6 Å². The Morgan fingerprint density at radius 2 is 2.12 bits per heavy atom. The van der Waals surface area contributed by atoms with Crippen molar-refractivity contribution in [2.75, 3.05) is 0 Å². The number of carbonyl (C=O) groups excluding carboxylic acids is 1. The van der Waals surface area contributed by atoms with Crippen LogP contribution in [-0.4, -0.2) is 27.1 Å². The first-order valence-corrected chi connectivity index (χ1v) is 8.16. The van der Waals surface area contributed by atoms with Gasteiger partial charge in [-0.2, -0.15) is 5.10 Å². The van der Waals surface area contributed by atoms with Crippen molar-refractivity contribution in [3.05, 3.63) is 39.5 Å². The molecule has 0 spiro atoms. The minimum atomic E-state index is -2.41. The quantitative estimate of drug-likeness (QED) is 0.653. The number of aromatic amines is 1. The van der Waals surface area contributed by atoms with E-state index in [1.807, 2.05) is 0 Å². The van der Waals surface area contributed by atoms with Gasteiger partial charge in [-0.15, -0.1) is 0 Å². The summed E-state index contributed by atoms with van der Waals surface area (Å²) in [6.45, 7) is 0.0669. The van der Waals surface area contributed by atoms with Crippen LogP contribution in [-0.2, 0) is 6.54 Å². The smallest absolute Gasteiger partial charge is 0.250 e. The fourth-order valence-electron chi connectivity index (χ4n) is 2.53. The normalized spacial score (nSPS) is 11.5. The Labute approximate surface area is 148 Å². The number of nitrogens with zero attached hydrogens (tertiary/aromatic N) is 2. The lowest BCUT2D eigenvalue weighted by molar-refractivity contribution is 0.100. The summed E-state index contributed by atoms with van der Waals surface area (Å²) >= 11 is 9.26. The molecule has 3 aromatic rings. The van der Waals surface area contributed by atoms with Crippen LogP contribution in [0.3, 0.4) is 0 Å². The lowest BCUT2D eigenvalue weighted by Gasteiger charge is -2.05. The Morgan fingerprint density at radius 1 is 1.38 bits per heavy atom. The molecule has 24 heavy (non-hydrogen) atoms. The van der Waals surface area contributed by atoms with E-state index in [0.717, 1.165) is 0 Å². The van der Waals surface area contributed by atoms with Crippen LogP contribution in [0.15, 0.2) is 28.9 Å². The Balaban J connectivity index is 2.10. The fourth-order valence-corrected chi connectivity index (χ4v) is 3.17. The molecular weight excluding hydrogens is 406 g/mol. The van der Waals surface area contributed by atoms with Gasteiger partial charge < -0.3 is 10.7 Å². The van der Waals surface area contributed by atoms with Gasteiger partial charge in [-0.25, -0.2) is 8.78 Å².